The van der Waals surface area contributed by atoms with E-state index in [9.17, 15) is 18.0 Å². The van der Waals surface area contributed by atoms with E-state index in [1.165, 1.54) is 22.5 Å². The van der Waals surface area contributed by atoms with Crippen LogP contribution in [-0.2, 0) is 19.6 Å². The van der Waals surface area contributed by atoms with E-state index in [4.69, 9.17) is 4.74 Å². The van der Waals surface area contributed by atoms with Crippen LogP contribution in [0.25, 0.3) is 0 Å². The van der Waals surface area contributed by atoms with Crippen molar-refractivity contribution < 1.29 is 22.7 Å². The molecule has 0 bridgehead atoms. The molecule has 0 saturated carbocycles. The van der Waals surface area contributed by atoms with Gasteiger partial charge in [0, 0.05) is 38.4 Å². The molecule has 3 aliphatic rings. The van der Waals surface area contributed by atoms with Gasteiger partial charge in [0.1, 0.15) is 11.8 Å². The molecule has 3 aliphatic heterocycles. The number of para-hydroxylation sites is 1. The van der Waals surface area contributed by atoms with Crippen LogP contribution in [0.5, 0.6) is 5.75 Å². The standard InChI is InChI=1S/C23H26N4O5S/c28-22-16-32-21-9-8-18(15-19(21)24-22)33(30,31)27-10-4-7-20(27)23(29)26-13-11-25(12-14-26)17-5-2-1-3-6-17/h1-3,5-6,8-9,15,20H,4,7,10-14,16H2,(H,24,28). The fraction of sp³-hybridized carbons (Fsp3) is 0.391. The number of amides is 2. The number of ether oxygens (including phenoxy) is 1. The third-order valence-corrected chi connectivity index (χ3v) is 8.30. The van der Waals surface area contributed by atoms with Crippen LogP contribution in [0, 0.1) is 0 Å². The van der Waals surface area contributed by atoms with Gasteiger partial charge >= 0.3 is 0 Å². The van der Waals surface area contributed by atoms with Gasteiger partial charge in [-0.3, -0.25) is 9.59 Å². The van der Waals surface area contributed by atoms with Gasteiger partial charge in [0.15, 0.2) is 6.61 Å². The van der Waals surface area contributed by atoms with Crippen LogP contribution in [0.4, 0.5) is 11.4 Å². The third kappa shape index (κ3) is 4.16. The van der Waals surface area contributed by atoms with Crippen molar-refractivity contribution in [2.75, 3.05) is 49.5 Å². The second-order valence-corrected chi connectivity index (χ2v) is 10.3. The van der Waals surface area contributed by atoms with Gasteiger partial charge in [-0.15, -0.1) is 0 Å². The molecule has 0 spiro atoms. The molecule has 3 heterocycles. The number of rotatable bonds is 4. The minimum atomic E-state index is -3.91. The molecule has 2 aromatic carbocycles. The van der Waals surface area contributed by atoms with Crippen molar-refractivity contribution in [3.63, 3.8) is 0 Å². The van der Waals surface area contributed by atoms with E-state index < -0.39 is 16.1 Å². The number of sulfonamides is 1. The summed E-state index contributed by atoms with van der Waals surface area (Å²) in [4.78, 5) is 29.0. The van der Waals surface area contributed by atoms with Gasteiger partial charge in [-0.05, 0) is 43.2 Å². The summed E-state index contributed by atoms with van der Waals surface area (Å²) >= 11 is 0. The van der Waals surface area contributed by atoms with E-state index in [-0.39, 0.29) is 23.3 Å². The Balaban J connectivity index is 1.30. The van der Waals surface area contributed by atoms with Crippen molar-refractivity contribution in [3.05, 3.63) is 48.5 Å². The number of fused-ring (bicyclic) bond motifs is 1. The predicted molar refractivity (Wildman–Crippen MR) is 123 cm³/mol. The molecule has 10 heteroatoms. The molecule has 0 aromatic heterocycles. The molecule has 2 fully saturated rings. The number of benzene rings is 2. The van der Waals surface area contributed by atoms with Crippen molar-refractivity contribution in [1.29, 1.82) is 0 Å². The molecule has 2 saturated heterocycles. The van der Waals surface area contributed by atoms with Crippen LogP contribution in [0.3, 0.4) is 0 Å². The van der Waals surface area contributed by atoms with E-state index in [0.717, 1.165) is 5.69 Å². The molecular formula is C23H26N4O5S. The highest BCUT2D eigenvalue weighted by Crippen LogP contribution is 2.34. The Kier molecular flexibility index (Phi) is 5.71. The van der Waals surface area contributed by atoms with Crippen LogP contribution >= 0.6 is 0 Å². The molecule has 33 heavy (non-hydrogen) atoms. The minimum Gasteiger partial charge on any atom is -0.482 e. The van der Waals surface area contributed by atoms with Crippen molar-refractivity contribution in [2.24, 2.45) is 0 Å². The largest absolute Gasteiger partial charge is 0.482 e. The zero-order valence-corrected chi connectivity index (χ0v) is 19.0. The highest BCUT2D eigenvalue weighted by Gasteiger charge is 2.42. The predicted octanol–water partition coefficient (Wildman–Crippen LogP) is 1.52. The SMILES string of the molecule is O=C1COc2ccc(S(=O)(=O)N3CCCC3C(=O)N3CCN(c4ccccc4)CC3)cc2N1. The van der Waals surface area contributed by atoms with Crippen LogP contribution in [0.1, 0.15) is 12.8 Å². The van der Waals surface area contributed by atoms with Crippen molar-refractivity contribution in [3.8, 4) is 5.75 Å². The van der Waals surface area contributed by atoms with E-state index >= 15 is 0 Å². The summed E-state index contributed by atoms with van der Waals surface area (Å²) in [6, 6.07) is 13.8. The number of hydrogen-bond donors (Lipinski definition) is 1. The number of nitrogens with one attached hydrogen (secondary N) is 1. The fourth-order valence-corrected chi connectivity index (χ4v) is 6.34. The molecule has 1 N–H and O–H groups in total. The number of carbonyl (C=O) groups excluding carboxylic acids is 2. The summed E-state index contributed by atoms with van der Waals surface area (Å²) in [5.41, 5.74) is 1.45. The van der Waals surface area contributed by atoms with Crippen molar-refractivity contribution in [1.82, 2.24) is 9.21 Å². The summed E-state index contributed by atoms with van der Waals surface area (Å²) in [5, 5.41) is 2.64. The van der Waals surface area contributed by atoms with Gasteiger partial charge in [0.2, 0.25) is 15.9 Å². The Hall–Kier alpha value is -3.11. The number of anilines is 2. The Morgan fingerprint density at radius 1 is 1.00 bits per heavy atom. The zero-order chi connectivity index (χ0) is 23.0. The first-order valence-corrected chi connectivity index (χ1v) is 12.5. The molecule has 174 valence electrons. The van der Waals surface area contributed by atoms with Gasteiger partial charge in [-0.2, -0.15) is 4.31 Å². The summed E-state index contributed by atoms with van der Waals surface area (Å²) in [5.74, 6) is -0.0433. The highest BCUT2D eigenvalue weighted by molar-refractivity contribution is 7.89. The van der Waals surface area contributed by atoms with E-state index in [1.54, 1.807) is 4.90 Å². The topological polar surface area (TPSA) is 99.3 Å². The molecule has 1 unspecified atom stereocenters. The lowest BCUT2D eigenvalue weighted by Crippen LogP contribution is -2.54. The summed E-state index contributed by atoms with van der Waals surface area (Å²) in [6.07, 6.45) is 1.13. The maximum atomic E-state index is 13.4. The normalized spacial score (nSPS) is 21.3. The van der Waals surface area contributed by atoms with Gasteiger partial charge in [-0.1, -0.05) is 18.2 Å². The lowest BCUT2D eigenvalue weighted by Gasteiger charge is -2.38. The molecule has 0 radical (unpaired) electrons. The Morgan fingerprint density at radius 2 is 1.76 bits per heavy atom. The average molecular weight is 471 g/mol. The van der Waals surface area contributed by atoms with Gasteiger partial charge in [0.25, 0.3) is 5.91 Å². The fourth-order valence-electron chi connectivity index (χ4n) is 4.67. The Bertz CT molecular complexity index is 1160. The second kappa shape index (κ2) is 8.68. The highest BCUT2D eigenvalue weighted by atomic mass is 32.2. The van der Waals surface area contributed by atoms with Crippen LogP contribution < -0.4 is 15.0 Å². The van der Waals surface area contributed by atoms with Gasteiger partial charge < -0.3 is 19.9 Å². The number of nitrogens with zero attached hydrogens (tertiary/aromatic N) is 3. The smallest absolute Gasteiger partial charge is 0.262 e. The minimum absolute atomic E-state index is 0.0423. The molecule has 0 aliphatic carbocycles. The molecule has 2 amide bonds. The van der Waals surface area contributed by atoms with E-state index in [1.807, 2.05) is 18.2 Å². The van der Waals surface area contributed by atoms with Crippen molar-refractivity contribution >= 4 is 33.2 Å². The van der Waals surface area contributed by atoms with Crippen LogP contribution in [0.2, 0.25) is 0 Å². The Morgan fingerprint density at radius 3 is 2.52 bits per heavy atom. The zero-order valence-electron chi connectivity index (χ0n) is 18.1. The first-order chi connectivity index (χ1) is 15.9. The summed E-state index contributed by atoms with van der Waals surface area (Å²) in [6.45, 7) is 2.72. The first-order valence-electron chi connectivity index (χ1n) is 11.1. The van der Waals surface area contributed by atoms with Gasteiger partial charge in [-0.25, -0.2) is 8.42 Å². The monoisotopic (exact) mass is 470 g/mol. The lowest BCUT2D eigenvalue weighted by molar-refractivity contribution is -0.134. The number of hydrogen-bond acceptors (Lipinski definition) is 6. The molecule has 5 rings (SSSR count). The van der Waals surface area contributed by atoms with E-state index in [0.29, 0.717) is 57.0 Å². The average Bonchev–Trinajstić information content (AvgIpc) is 3.35. The maximum Gasteiger partial charge on any atom is 0.262 e. The lowest BCUT2D eigenvalue weighted by atomic mass is 10.1. The second-order valence-electron chi connectivity index (χ2n) is 8.42. The van der Waals surface area contributed by atoms with Crippen LogP contribution in [0.15, 0.2) is 53.4 Å². The Labute approximate surface area is 193 Å². The molecule has 2 aromatic rings. The first kappa shape index (κ1) is 21.7. The number of piperazine rings is 1. The molecular weight excluding hydrogens is 444 g/mol. The molecule has 1 atom stereocenters. The maximum absolute atomic E-state index is 13.4. The molecule has 9 nitrogen and oxygen atoms in total. The number of carbonyl (C=O) groups is 2. The van der Waals surface area contributed by atoms with E-state index in [2.05, 4.69) is 22.3 Å². The summed E-state index contributed by atoms with van der Waals surface area (Å²) in [7, 11) is -3.91. The van der Waals surface area contributed by atoms with Crippen molar-refractivity contribution in [2.45, 2.75) is 23.8 Å². The quantitative estimate of drug-likeness (QED) is 0.728. The third-order valence-electron chi connectivity index (χ3n) is 6.39. The van der Waals surface area contributed by atoms with Gasteiger partial charge in [0.05, 0.1) is 10.6 Å². The van der Waals surface area contributed by atoms with Crippen LogP contribution in [-0.4, -0.2) is 74.8 Å². The summed E-state index contributed by atoms with van der Waals surface area (Å²) < 4.78 is 33.5.